The summed E-state index contributed by atoms with van der Waals surface area (Å²) in [6.45, 7) is 0. The summed E-state index contributed by atoms with van der Waals surface area (Å²) in [4.78, 5) is 0. The summed E-state index contributed by atoms with van der Waals surface area (Å²) in [7, 11) is 0. The summed E-state index contributed by atoms with van der Waals surface area (Å²) < 4.78 is 1.12. The second kappa shape index (κ2) is 20.6. The predicted molar refractivity (Wildman–Crippen MR) is 236 cm³/mol. The molecule has 3 N–H and O–H groups in total. The molecular formula is C50H47BrN2. The normalized spacial score (nSPS) is 9.75. The summed E-state index contributed by atoms with van der Waals surface area (Å²) in [5.41, 5.74) is 18.5. The van der Waals surface area contributed by atoms with Crippen molar-refractivity contribution in [1.82, 2.24) is 0 Å². The Balaban J connectivity index is 0.000000190. The van der Waals surface area contributed by atoms with E-state index >= 15 is 0 Å². The third-order valence-electron chi connectivity index (χ3n) is 8.24. The van der Waals surface area contributed by atoms with Crippen molar-refractivity contribution in [3.8, 4) is 44.5 Å². The second-order valence-electron chi connectivity index (χ2n) is 11.9. The van der Waals surface area contributed by atoms with E-state index in [1.54, 1.807) is 0 Å². The molecule has 0 aliphatic heterocycles. The van der Waals surface area contributed by atoms with Crippen molar-refractivity contribution in [2.45, 2.75) is 14.9 Å². The molecule has 0 saturated carbocycles. The molecule has 8 aromatic carbocycles. The number of hydrogen-bond acceptors (Lipinski definition) is 2. The average molecular weight is 756 g/mol. The maximum absolute atomic E-state index is 5.60. The fourth-order valence-electron chi connectivity index (χ4n) is 5.50. The molecule has 264 valence electrons. The maximum Gasteiger partial charge on any atom is 0.0384 e. The monoisotopic (exact) mass is 754 g/mol. The Labute approximate surface area is 324 Å². The fraction of sp³-hybridized carbons (Fsp3) is 0.0400. The van der Waals surface area contributed by atoms with Gasteiger partial charge in [-0.3, -0.25) is 0 Å². The predicted octanol–water partition coefficient (Wildman–Crippen LogP) is 15.1. The first-order chi connectivity index (χ1) is 25.1. The van der Waals surface area contributed by atoms with Gasteiger partial charge in [0, 0.05) is 21.5 Å². The number of nitrogens with two attached hydrogens (primary N) is 1. The van der Waals surface area contributed by atoms with Crippen LogP contribution in [0.2, 0.25) is 0 Å². The Morgan fingerprint density at radius 1 is 0.283 bits per heavy atom. The van der Waals surface area contributed by atoms with E-state index in [2.05, 4.69) is 179 Å². The molecule has 0 amide bonds. The zero-order chi connectivity index (χ0) is 35.1. The molecule has 2 nitrogen and oxygen atoms in total. The van der Waals surface area contributed by atoms with Crippen LogP contribution in [0.3, 0.4) is 0 Å². The van der Waals surface area contributed by atoms with Gasteiger partial charge in [0.05, 0.1) is 0 Å². The van der Waals surface area contributed by atoms with Crippen molar-refractivity contribution in [1.29, 1.82) is 0 Å². The second-order valence-corrected chi connectivity index (χ2v) is 12.8. The standard InChI is InChI=1S/C24H19N.C12H9Br.C12H11N.2CH4/c1-3-7-19(8-4-1)21-11-15-23(16-12-21)25-24-17-13-22(14-18-24)20-9-5-2-6-10-20;2*13-12-8-6-11(7-9-12)10-4-2-1-3-5-10;;/h1-18,25H;1-9H;1-9H,13H2;2*1H4. The summed E-state index contributed by atoms with van der Waals surface area (Å²) in [6, 6.07) is 74.8. The van der Waals surface area contributed by atoms with Crippen LogP contribution in [0.5, 0.6) is 0 Å². The van der Waals surface area contributed by atoms with E-state index in [1.165, 1.54) is 44.5 Å². The molecule has 0 unspecified atom stereocenters. The first-order valence-corrected chi connectivity index (χ1v) is 17.7. The summed E-state index contributed by atoms with van der Waals surface area (Å²) >= 11 is 3.42. The van der Waals surface area contributed by atoms with Gasteiger partial charge in [-0.15, -0.1) is 0 Å². The highest BCUT2D eigenvalue weighted by Crippen LogP contribution is 2.26. The molecule has 0 aliphatic rings. The number of hydrogen-bond donors (Lipinski definition) is 2. The smallest absolute Gasteiger partial charge is 0.0384 e. The lowest BCUT2D eigenvalue weighted by Gasteiger charge is -2.09. The van der Waals surface area contributed by atoms with E-state index in [0.717, 1.165) is 21.5 Å². The highest BCUT2D eigenvalue weighted by Gasteiger charge is 2.01. The summed E-state index contributed by atoms with van der Waals surface area (Å²) in [5.74, 6) is 0. The molecule has 0 spiro atoms. The molecule has 0 saturated heterocycles. The SMILES string of the molecule is Brc1ccc(-c2ccccc2)cc1.C.C.Nc1ccc(-c2ccccc2)cc1.c1ccc(-c2ccc(Nc3ccc(-c4ccccc4)cc3)cc2)cc1. The lowest BCUT2D eigenvalue weighted by molar-refractivity contribution is 1.53. The first-order valence-electron chi connectivity index (χ1n) is 16.9. The van der Waals surface area contributed by atoms with Crippen LogP contribution in [-0.2, 0) is 0 Å². The van der Waals surface area contributed by atoms with Crippen molar-refractivity contribution in [3.05, 3.63) is 223 Å². The lowest BCUT2D eigenvalue weighted by Crippen LogP contribution is -1.90. The highest BCUT2D eigenvalue weighted by molar-refractivity contribution is 9.10. The van der Waals surface area contributed by atoms with Gasteiger partial charge in [-0.1, -0.05) is 201 Å². The zero-order valence-electron chi connectivity index (χ0n) is 28.2. The van der Waals surface area contributed by atoms with E-state index in [9.17, 15) is 0 Å². The molecule has 0 atom stereocenters. The Morgan fingerprint density at radius 2 is 0.509 bits per heavy atom. The topological polar surface area (TPSA) is 38.0 Å². The van der Waals surface area contributed by atoms with Crippen LogP contribution in [0.4, 0.5) is 17.1 Å². The van der Waals surface area contributed by atoms with Gasteiger partial charge in [-0.05, 0) is 93.0 Å². The molecule has 0 fully saturated rings. The highest BCUT2D eigenvalue weighted by atomic mass is 79.9. The molecule has 0 bridgehead atoms. The molecule has 53 heavy (non-hydrogen) atoms. The van der Waals surface area contributed by atoms with E-state index < -0.39 is 0 Å². The maximum atomic E-state index is 5.60. The van der Waals surface area contributed by atoms with Crippen molar-refractivity contribution in [2.75, 3.05) is 11.1 Å². The minimum Gasteiger partial charge on any atom is -0.399 e. The molecule has 0 aromatic heterocycles. The van der Waals surface area contributed by atoms with Crippen molar-refractivity contribution < 1.29 is 0 Å². The van der Waals surface area contributed by atoms with Crippen LogP contribution in [0, 0.1) is 0 Å². The molecule has 0 heterocycles. The Bertz CT molecular complexity index is 2010. The number of benzene rings is 8. The van der Waals surface area contributed by atoms with Gasteiger partial charge in [-0.2, -0.15) is 0 Å². The first kappa shape index (κ1) is 39.6. The zero-order valence-corrected chi connectivity index (χ0v) is 29.8. The third-order valence-corrected chi connectivity index (χ3v) is 8.77. The number of nitrogens with one attached hydrogen (secondary N) is 1. The molecular weight excluding hydrogens is 708 g/mol. The third kappa shape index (κ3) is 12.0. The molecule has 0 aliphatic carbocycles. The quantitative estimate of drug-likeness (QED) is 0.166. The van der Waals surface area contributed by atoms with Crippen LogP contribution in [0.1, 0.15) is 14.9 Å². The average Bonchev–Trinajstić information content (AvgIpc) is 3.21. The summed E-state index contributed by atoms with van der Waals surface area (Å²) in [5, 5.41) is 3.46. The van der Waals surface area contributed by atoms with Crippen molar-refractivity contribution in [3.63, 3.8) is 0 Å². The minimum absolute atomic E-state index is 0. The minimum atomic E-state index is 0. The van der Waals surface area contributed by atoms with Crippen LogP contribution in [0.15, 0.2) is 223 Å². The molecule has 0 radical (unpaired) electrons. The van der Waals surface area contributed by atoms with Crippen LogP contribution < -0.4 is 11.1 Å². The molecule has 3 heteroatoms. The van der Waals surface area contributed by atoms with Crippen molar-refractivity contribution in [2.24, 2.45) is 0 Å². The number of halogens is 1. The van der Waals surface area contributed by atoms with Gasteiger partial charge in [0.25, 0.3) is 0 Å². The van der Waals surface area contributed by atoms with Gasteiger partial charge in [0.15, 0.2) is 0 Å². The lowest BCUT2D eigenvalue weighted by atomic mass is 10.0. The van der Waals surface area contributed by atoms with Crippen LogP contribution >= 0.6 is 15.9 Å². The number of nitrogen functional groups attached to an aromatic ring is 1. The van der Waals surface area contributed by atoms with E-state index in [1.807, 2.05) is 60.7 Å². The number of anilines is 3. The Morgan fingerprint density at radius 3 is 0.792 bits per heavy atom. The van der Waals surface area contributed by atoms with E-state index in [0.29, 0.717) is 0 Å². The number of rotatable bonds is 6. The van der Waals surface area contributed by atoms with Gasteiger partial charge in [0.2, 0.25) is 0 Å². The Hall–Kier alpha value is -6.16. The molecule has 8 rings (SSSR count). The van der Waals surface area contributed by atoms with Gasteiger partial charge >= 0.3 is 0 Å². The molecule has 8 aromatic rings. The Kier molecular flexibility index (Phi) is 15.4. The van der Waals surface area contributed by atoms with Gasteiger partial charge in [-0.25, -0.2) is 0 Å². The summed E-state index contributed by atoms with van der Waals surface area (Å²) in [6.07, 6.45) is 0. The van der Waals surface area contributed by atoms with E-state index in [4.69, 9.17) is 5.73 Å². The van der Waals surface area contributed by atoms with Crippen LogP contribution in [-0.4, -0.2) is 0 Å². The van der Waals surface area contributed by atoms with Crippen molar-refractivity contribution >= 4 is 33.0 Å². The largest absolute Gasteiger partial charge is 0.399 e. The van der Waals surface area contributed by atoms with Gasteiger partial charge < -0.3 is 11.1 Å². The van der Waals surface area contributed by atoms with E-state index in [-0.39, 0.29) is 14.9 Å². The fourth-order valence-corrected chi connectivity index (χ4v) is 5.76. The van der Waals surface area contributed by atoms with Crippen LogP contribution in [0.25, 0.3) is 44.5 Å². The van der Waals surface area contributed by atoms with Gasteiger partial charge in [0.1, 0.15) is 0 Å².